The van der Waals surface area contributed by atoms with Gasteiger partial charge in [-0.1, -0.05) is 51.1 Å². The summed E-state index contributed by atoms with van der Waals surface area (Å²) in [4.78, 5) is 48.9. The van der Waals surface area contributed by atoms with Crippen molar-refractivity contribution in [1.82, 2.24) is 9.80 Å². The maximum Gasteiger partial charge on any atom is 0.247 e. The summed E-state index contributed by atoms with van der Waals surface area (Å²) in [6.45, 7) is 20.2. The van der Waals surface area contributed by atoms with Crippen molar-refractivity contribution in [2.75, 3.05) is 24.6 Å². The van der Waals surface area contributed by atoms with Gasteiger partial charge in [-0.15, -0.1) is 24.9 Å². The molecule has 3 fully saturated rings. The number of anilines is 1. The number of aliphatic hydroxyl groups excluding tert-OH is 1. The number of benzene rings is 1. The van der Waals surface area contributed by atoms with Crippen molar-refractivity contribution < 1.29 is 19.5 Å². The first-order chi connectivity index (χ1) is 18.9. The highest BCUT2D eigenvalue weighted by Crippen LogP contribution is 2.69. The van der Waals surface area contributed by atoms with Gasteiger partial charge in [0.15, 0.2) is 0 Å². The van der Waals surface area contributed by atoms with E-state index in [2.05, 4.69) is 20.1 Å². The molecule has 3 saturated heterocycles. The Morgan fingerprint density at radius 3 is 2.30 bits per heavy atom. The monoisotopic (exact) mass is 567 g/mol. The van der Waals surface area contributed by atoms with Crippen molar-refractivity contribution in [3.63, 3.8) is 0 Å². The number of carbonyl (C=O) groups is 3. The third-order valence-corrected chi connectivity index (χ3v) is 11.1. The maximum atomic E-state index is 14.7. The number of nitrogens with zero attached hydrogens (tertiary/aromatic N) is 3. The standard InChI is InChI=1S/C32H45N3O4S/c1-9-16-33(22-14-12-11-13-15-22)28(37)25-24-18-21(5)32(40-24)26(25)29(38)35(23(19-36)20(3)4)27(32)30(39)34(17-10-2)31(6,7)8/h9-15,20-21,23-27,36H,1-2,16-19H2,3-8H3/t21?,23-,24-,25+,26-,27?,32?/m0/s1. The highest BCUT2D eigenvalue weighted by Gasteiger charge is 2.77. The number of carbonyl (C=O) groups excluding carboxylic acids is 3. The van der Waals surface area contributed by atoms with Crippen molar-refractivity contribution >= 4 is 35.2 Å². The molecule has 218 valence electrons. The zero-order valence-electron chi connectivity index (χ0n) is 24.7. The molecule has 2 bridgehead atoms. The first-order valence-electron chi connectivity index (χ1n) is 14.4. The van der Waals surface area contributed by atoms with Crippen LogP contribution in [-0.2, 0) is 14.4 Å². The van der Waals surface area contributed by atoms with Crippen LogP contribution in [-0.4, -0.2) is 79.9 Å². The molecular weight excluding hydrogens is 522 g/mol. The van der Waals surface area contributed by atoms with Crippen LogP contribution < -0.4 is 4.90 Å². The summed E-state index contributed by atoms with van der Waals surface area (Å²) in [5, 5.41) is 10.5. The van der Waals surface area contributed by atoms with Crippen molar-refractivity contribution in [1.29, 1.82) is 0 Å². The fourth-order valence-corrected chi connectivity index (χ4v) is 9.60. The van der Waals surface area contributed by atoms with E-state index in [0.717, 1.165) is 12.1 Å². The van der Waals surface area contributed by atoms with Gasteiger partial charge in [-0.2, -0.15) is 0 Å². The van der Waals surface area contributed by atoms with Crippen LogP contribution in [0.5, 0.6) is 0 Å². The van der Waals surface area contributed by atoms with Gasteiger partial charge in [-0.05, 0) is 51.2 Å². The van der Waals surface area contributed by atoms with Gasteiger partial charge in [0.05, 0.1) is 29.2 Å². The molecule has 0 saturated carbocycles. The predicted molar refractivity (Wildman–Crippen MR) is 162 cm³/mol. The number of hydrogen-bond acceptors (Lipinski definition) is 5. The Kier molecular flexibility index (Phi) is 8.63. The van der Waals surface area contributed by atoms with Crippen LogP contribution in [0.4, 0.5) is 5.69 Å². The summed E-state index contributed by atoms with van der Waals surface area (Å²) in [6, 6.07) is 8.17. The Bertz CT molecular complexity index is 1150. The molecule has 4 rings (SSSR count). The SMILES string of the molecule is C=CCN(C(=O)[C@@H]1[C@@H]2CC(C)C3(S2)C(C(=O)N(CC=C)C(C)(C)C)N([C@@H](CO)C(C)C)C(=O)[C@H]13)c1ccccc1. The van der Waals surface area contributed by atoms with Crippen LogP contribution in [0.3, 0.4) is 0 Å². The van der Waals surface area contributed by atoms with Crippen LogP contribution in [0.15, 0.2) is 55.6 Å². The fraction of sp³-hybridized carbons (Fsp3) is 0.594. The van der Waals surface area contributed by atoms with Crippen LogP contribution in [0.25, 0.3) is 0 Å². The van der Waals surface area contributed by atoms with Gasteiger partial charge in [-0.3, -0.25) is 14.4 Å². The Morgan fingerprint density at radius 1 is 1.15 bits per heavy atom. The zero-order valence-corrected chi connectivity index (χ0v) is 25.6. The van der Waals surface area contributed by atoms with Crippen LogP contribution in [0.1, 0.15) is 48.0 Å². The Hall–Kier alpha value is -2.58. The molecule has 3 heterocycles. The lowest BCUT2D eigenvalue weighted by atomic mass is 9.65. The Labute approximate surface area is 243 Å². The van der Waals surface area contributed by atoms with Gasteiger partial charge in [0.25, 0.3) is 0 Å². The lowest BCUT2D eigenvalue weighted by molar-refractivity contribution is -0.149. The molecule has 1 aromatic carbocycles. The lowest BCUT2D eigenvalue weighted by Crippen LogP contribution is -2.62. The van der Waals surface area contributed by atoms with Gasteiger partial charge < -0.3 is 19.8 Å². The van der Waals surface area contributed by atoms with Gasteiger partial charge in [0.1, 0.15) is 6.04 Å². The van der Waals surface area contributed by atoms with E-state index in [9.17, 15) is 19.5 Å². The molecule has 0 aliphatic carbocycles. The average molecular weight is 568 g/mol. The topological polar surface area (TPSA) is 81.2 Å². The van der Waals surface area contributed by atoms with Crippen LogP contribution in [0.2, 0.25) is 0 Å². The highest BCUT2D eigenvalue weighted by atomic mass is 32.2. The second-order valence-electron chi connectivity index (χ2n) is 12.8. The van der Waals surface area contributed by atoms with E-state index < -0.39 is 34.2 Å². The molecule has 40 heavy (non-hydrogen) atoms. The molecule has 1 N–H and O–H groups in total. The van der Waals surface area contributed by atoms with Crippen LogP contribution in [0, 0.1) is 23.7 Å². The molecule has 3 aliphatic heterocycles. The van der Waals surface area contributed by atoms with Crippen LogP contribution >= 0.6 is 11.8 Å². The molecule has 3 aliphatic rings. The zero-order chi connectivity index (χ0) is 29.6. The predicted octanol–water partition coefficient (Wildman–Crippen LogP) is 4.37. The molecule has 7 atom stereocenters. The second-order valence-corrected chi connectivity index (χ2v) is 14.3. The van der Waals surface area contributed by atoms with Gasteiger partial charge in [0.2, 0.25) is 17.7 Å². The van der Waals surface area contributed by atoms with E-state index in [1.807, 2.05) is 65.0 Å². The molecule has 0 aromatic heterocycles. The number of thioether (sulfide) groups is 1. The molecule has 8 heteroatoms. The lowest BCUT2D eigenvalue weighted by Gasteiger charge is -2.45. The number of amides is 3. The number of hydrogen-bond donors (Lipinski definition) is 1. The summed E-state index contributed by atoms with van der Waals surface area (Å²) < 4.78 is -0.761. The number of likely N-dealkylation sites (tertiary alicyclic amines) is 1. The van der Waals surface area contributed by atoms with Crippen molar-refractivity contribution in [3.8, 4) is 0 Å². The Morgan fingerprint density at radius 2 is 1.77 bits per heavy atom. The normalized spacial score (nSPS) is 29.9. The minimum Gasteiger partial charge on any atom is -0.394 e. The third kappa shape index (κ3) is 4.71. The number of aliphatic hydroxyl groups is 1. The number of rotatable bonds is 10. The molecular formula is C32H45N3O4S. The van der Waals surface area contributed by atoms with Gasteiger partial charge in [-0.25, -0.2) is 0 Å². The minimum absolute atomic E-state index is 0.0427. The largest absolute Gasteiger partial charge is 0.394 e. The van der Waals surface area contributed by atoms with E-state index in [-0.39, 0.29) is 41.4 Å². The van der Waals surface area contributed by atoms with Crippen molar-refractivity contribution in [3.05, 3.63) is 55.6 Å². The van der Waals surface area contributed by atoms with E-state index in [0.29, 0.717) is 13.1 Å². The van der Waals surface area contributed by atoms with Gasteiger partial charge in [0, 0.05) is 29.6 Å². The third-order valence-electron chi connectivity index (χ3n) is 9.05. The van der Waals surface area contributed by atoms with Crippen molar-refractivity contribution in [2.24, 2.45) is 23.7 Å². The number of fused-ring (bicyclic) bond motifs is 1. The van der Waals surface area contributed by atoms with E-state index in [1.54, 1.807) is 38.6 Å². The van der Waals surface area contributed by atoms with E-state index in [4.69, 9.17) is 0 Å². The minimum atomic E-state index is -0.781. The molecule has 1 aromatic rings. The fourth-order valence-electron chi connectivity index (χ4n) is 7.21. The quantitative estimate of drug-likeness (QED) is 0.425. The smallest absolute Gasteiger partial charge is 0.247 e. The summed E-state index contributed by atoms with van der Waals surface area (Å²) in [5.74, 6) is -1.68. The Balaban J connectivity index is 1.87. The molecule has 1 spiro atoms. The second kappa shape index (κ2) is 11.4. The average Bonchev–Trinajstić information content (AvgIpc) is 3.49. The first-order valence-corrected chi connectivity index (χ1v) is 15.2. The first kappa shape index (κ1) is 30.4. The summed E-state index contributed by atoms with van der Waals surface area (Å²) in [6.07, 6.45) is 4.17. The van der Waals surface area contributed by atoms with E-state index >= 15 is 0 Å². The molecule has 3 unspecified atom stereocenters. The maximum absolute atomic E-state index is 14.7. The summed E-state index contributed by atoms with van der Waals surface area (Å²) in [5.41, 5.74) is 0.257. The number of para-hydroxylation sites is 1. The van der Waals surface area contributed by atoms with Gasteiger partial charge >= 0.3 is 0 Å². The summed E-state index contributed by atoms with van der Waals surface area (Å²) in [7, 11) is 0. The molecule has 7 nitrogen and oxygen atoms in total. The highest BCUT2D eigenvalue weighted by molar-refractivity contribution is 8.02. The van der Waals surface area contributed by atoms with E-state index in [1.165, 1.54) is 0 Å². The van der Waals surface area contributed by atoms with Crippen molar-refractivity contribution in [2.45, 2.75) is 75.6 Å². The summed E-state index contributed by atoms with van der Waals surface area (Å²) >= 11 is 1.66. The molecule has 0 radical (unpaired) electrons. The molecule has 3 amide bonds.